The lowest BCUT2D eigenvalue weighted by molar-refractivity contribution is 3.95. The minimum Gasteiger partial charge on any atom is -0.0149 e. The molecule has 0 aliphatic carbocycles. The molecule has 0 N–H and O–H groups in total. The maximum absolute atomic E-state index is 1.68. The Hall–Kier alpha value is 1.52. The molecule has 46 valence electrons. The monoisotopic (exact) mass is 214 g/mol. The zero-order valence-electron chi connectivity index (χ0n) is 4.83. The van der Waals surface area contributed by atoms with Crippen molar-refractivity contribution in [3.05, 3.63) is 0 Å². The van der Waals surface area contributed by atoms with Gasteiger partial charge in [0.15, 0.2) is 0 Å². The summed E-state index contributed by atoms with van der Waals surface area (Å²) in [6.07, 6.45) is 0. The highest BCUT2D eigenvalue weighted by Crippen LogP contribution is 1.42. The van der Waals surface area contributed by atoms with E-state index in [-0.39, 0.29) is 11.0 Å². The summed E-state index contributed by atoms with van der Waals surface area (Å²) >= 11 is 0. The summed E-state index contributed by atoms with van der Waals surface area (Å²) in [4.78, 5) is 0. The Kier molecular flexibility index (Phi) is 17.0. The van der Waals surface area contributed by atoms with Crippen molar-refractivity contribution in [2.24, 2.45) is 0 Å². The lowest BCUT2D eigenvalue weighted by Crippen LogP contribution is -2.18. The maximum atomic E-state index is 1.68. The summed E-state index contributed by atoms with van der Waals surface area (Å²) in [6.45, 7) is 0. The van der Waals surface area contributed by atoms with Crippen LogP contribution in [-0.4, -0.2) is 64.7 Å². The predicted molar refractivity (Wildman–Crippen MR) is 65.4 cm³/mol. The van der Waals surface area contributed by atoms with Crippen molar-refractivity contribution in [1.82, 2.24) is 0 Å². The zero-order valence-corrected chi connectivity index (χ0v) is 14.5. The SMILES string of the molecule is [SiH3][SiH2][SiH2][SiH2][SiH2][SiH3].[SiH4]. The van der Waals surface area contributed by atoms with Crippen molar-refractivity contribution in [1.29, 1.82) is 0 Å². The largest absolute Gasteiger partial charge is 0.0149 e. The summed E-state index contributed by atoms with van der Waals surface area (Å²) in [5.41, 5.74) is 0. The van der Waals surface area contributed by atoms with Crippen LogP contribution in [-0.2, 0) is 0 Å². The van der Waals surface area contributed by atoms with Gasteiger partial charge < -0.3 is 0 Å². The molecule has 0 aromatic rings. The molecule has 0 aliphatic heterocycles. The third kappa shape index (κ3) is 11.2. The Morgan fingerprint density at radius 1 is 0.857 bits per heavy atom. The fourth-order valence-electron chi connectivity index (χ4n) is 0.500. The highest BCUT2D eigenvalue weighted by atomic mass is 29.9. The maximum Gasteiger partial charge on any atom is -0.00939 e. The highest BCUT2D eigenvalue weighted by molar-refractivity contribution is 7.56. The van der Waals surface area contributed by atoms with Crippen molar-refractivity contribution >= 4 is 64.7 Å². The highest BCUT2D eigenvalue weighted by Gasteiger charge is 1.79. The Bertz CT molecular complexity index is 12.0. The second-order valence-electron chi connectivity index (χ2n) is 1.71. The van der Waals surface area contributed by atoms with Crippen LogP contribution in [0.4, 0.5) is 0 Å². The second-order valence-corrected chi connectivity index (χ2v) is 46.1. The van der Waals surface area contributed by atoms with E-state index in [2.05, 4.69) is 0 Å². The zero-order chi connectivity index (χ0) is 4.83. The van der Waals surface area contributed by atoms with E-state index in [0.717, 1.165) is 34.2 Å². The summed E-state index contributed by atoms with van der Waals surface area (Å²) in [5.74, 6) is 0. The van der Waals surface area contributed by atoms with Crippen LogP contribution in [0.2, 0.25) is 0 Å². The first-order valence-electron chi connectivity index (χ1n) is 2.91. The lowest BCUT2D eigenvalue weighted by Gasteiger charge is -1.81. The molecule has 0 heterocycles. The first-order chi connectivity index (χ1) is 2.91. The smallest absolute Gasteiger partial charge is 0.00939 e. The molecule has 0 atom stereocenters. The van der Waals surface area contributed by atoms with Gasteiger partial charge in [0.1, 0.15) is 0 Å². The second kappa shape index (κ2) is 10.5. The summed E-state index contributed by atoms with van der Waals surface area (Å²) < 4.78 is 0. The third-order valence-corrected chi connectivity index (χ3v) is 77.5. The van der Waals surface area contributed by atoms with Gasteiger partial charge in [0.2, 0.25) is 0 Å². The van der Waals surface area contributed by atoms with Gasteiger partial charge in [-0.05, 0) is 64.7 Å². The quantitative estimate of drug-likeness (QED) is 0.324. The van der Waals surface area contributed by atoms with Crippen LogP contribution in [0.1, 0.15) is 0 Å². The molecule has 0 unspecified atom stereocenters. The molecule has 0 amide bonds. The first kappa shape index (κ1) is 11.3. The third-order valence-electron chi connectivity index (χ3n) is 0.957. The van der Waals surface area contributed by atoms with Gasteiger partial charge >= 0.3 is 0 Å². The minimum absolute atomic E-state index is 0. The molecule has 0 aromatic heterocycles. The Balaban J connectivity index is 0. The number of rotatable bonds is 3. The molecule has 0 nitrogen and oxygen atoms in total. The van der Waals surface area contributed by atoms with Crippen LogP contribution < -0.4 is 0 Å². The van der Waals surface area contributed by atoms with Gasteiger partial charge in [0.25, 0.3) is 0 Å². The van der Waals surface area contributed by atoms with E-state index < -0.39 is 0 Å². The van der Waals surface area contributed by atoms with Gasteiger partial charge in [-0.2, -0.15) is 0 Å². The number of hydrogen-bond donors (Lipinski definition) is 0. The Labute approximate surface area is 64.7 Å². The van der Waals surface area contributed by atoms with Crippen LogP contribution in [0.5, 0.6) is 0 Å². The Morgan fingerprint density at radius 2 is 1.14 bits per heavy atom. The van der Waals surface area contributed by atoms with E-state index in [1.165, 1.54) is 0 Å². The average Bonchev–Trinajstić information content (AvgIpc) is 1.61. The Morgan fingerprint density at radius 3 is 1.29 bits per heavy atom. The van der Waals surface area contributed by atoms with Gasteiger partial charge in [0.05, 0.1) is 0 Å². The molecule has 0 spiro atoms. The summed E-state index contributed by atoms with van der Waals surface area (Å²) in [7, 11) is 6.67. The molecule has 0 saturated carbocycles. The van der Waals surface area contributed by atoms with Gasteiger partial charge in [-0.15, -0.1) is 0 Å². The molecule has 0 bridgehead atoms. The van der Waals surface area contributed by atoms with Crippen molar-refractivity contribution in [3.63, 3.8) is 0 Å². The van der Waals surface area contributed by atoms with Crippen molar-refractivity contribution in [2.75, 3.05) is 0 Å². The fourth-order valence-corrected chi connectivity index (χ4v) is 121. The van der Waals surface area contributed by atoms with E-state index in [0.29, 0.717) is 0 Å². The molecular formula is H18Si7. The van der Waals surface area contributed by atoms with Gasteiger partial charge in [-0.1, -0.05) is 0 Å². The minimum atomic E-state index is 0. The van der Waals surface area contributed by atoms with Crippen LogP contribution in [0.25, 0.3) is 0 Å². The topological polar surface area (TPSA) is 0 Å². The number of hydrogen-bond acceptors (Lipinski definition) is 0. The normalized spacial score (nSPS) is 15.4. The van der Waals surface area contributed by atoms with Crippen LogP contribution in [0.3, 0.4) is 0 Å². The molecule has 0 saturated heterocycles. The van der Waals surface area contributed by atoms with Crippen molar-refractivity contribution in [2.45, 2.75) is 0 Å². The molecular weight excluding hydrogens is 197 g/mol. The molecule has 0 rings (SSSR count). The molecule has 0 aromatic carbocycles. The standard InChI is InChI=1S/H14Si6.H4Si/c1-3-5-6-4-2;/h3-6H2,1-2H3;1H4. The van der Waals surface area contributed by atoms with Crippen molar-refractivity contribution in [3.8, 4) is 0 Å². The van der Waals surface area contributed by atoms with Crippen LogP contribution in [0.15, 0.2) is 0 Å². The summed E-state index contributed by atoms with van der Waals surface area (Å²) in [5, 5.41) is 0. The molecule has 0 radical (unpaired) electrons. The van der Waals surface area contributed by atoms with Crippen molar-refractivity contribution < 1.29 is 0 Å². The molecule has 7 heteroatoms. The predicted octanol–water partition coefficient (Wildman–Crippen LogP) is -7.48. The van der Waals surface area contributed by atoms with Crippen LogP contribution in [0, 0.1) is 0 Å². The fraction of sp³-hybridized carbons (Fsp3) is 0. The molecule has 0 fully saturated rings. The van der Waals surface area contributed by atoms with Crippen LogP contribution >= 0.6 is 0 Å². The van der Waals surface area contributed by atoms with E-state index in [1.54, 1.807) is 19.5 Å². The first-order valence-corrected chi connectivity index (χ1v) is 26.2. The summed E-state index contributed by atoms with van der Waals surface area (Å²) in [6, 6.07) is 0. The lowest BCUT2D eigenvalue weighted by atomic mass is 26.3. The van der Waals surface area contributed by atoms with Gasteiger partial charge in [-0.3, -0.25) is 0 Å². The average molecular weight is 215 g/mol. The van der Waals surface area contributed by atoms with E-state index in [9.17, 15) is 0 Å². The van der Waals surface area contributed by atoms with Gasteiger partial charge in [0, 0.05) is 0 Å². The van der Waals surface area contributed by atoms with E-state index in [1.807, 2.05) is 0 Å². The molecule has 7 heavy (non-hydrogen) atoms. The van der Waals surface area contributed by atoms with E-state index >= 15 is 0 Å². The molecule has 0 aliphatic rings. The van der Waals surface area contributed by atoms with Gasteiger partial charge in [-0.25, -0.2) is 0 Å². The van der Waals surface area contributed by atoms with E-state index in [4.69, 9.17) is 0 Å².